The van der Waals surface area contributed by atoms with Crippen molar-refractivity contribution < 1.29 is 9.53 Å². The van der Waals surface area contributed by atoms with Gasteiger partial charge in [0.25, 0.3) is 0 Å². The Kier molecular flexibility index (Phi) is 4.63. The van der Waals surface area contributed by atoms with Crippen molar-refractivity contribution in [1.29, 1.82) is 0 Å². The van der Waals surface area contributed by atoms with Gasteiger partial charge in [0.1, 0.15) is 5.78 Å². The lowest BCUT2D eigenvalue weighted by molar-refractivity contribution is -0.136. The summed E-state index contributed by atoms with van der Waals surface area (Å²) >= 11 is 0. The highest BCUT2D eigenvalue weighted by molar-refractivity contribution is 5.88. The lowest BCUT2D eigenvalue weighted by atomic mass is 9.59. The number of rotatable bonds is 3. The zero-order valence-electron chi connectivity index (χ0n) is 17.7. The molecule has 3 aromatic carbocycles. The summed E-state index contributed by atoms with van der Waals surface area (Å²) in [6, 6.07) is 25.3. The van der Waals surface area contributed by atoms with E-state index in [2.05, 4.69) is 75.0 Å². The molecule has 1 aliphatic heterocycles. The van der Waals surface area contributed by atoms with Gasteiger partial charge in [0.2, 0.25) is 0 Å². The molecule has 1 saturated carbocycles. The highest BCUT2D eigenvalue weighted by atomic mass is 16.5. The van der Waals surface area contributed by atoms with Crippen LogP contribution >= 0.6 is 0 Å². The Morgan fingerprint density at radius 2 is 1.67 bits per heavy atom. The molecular formula is C28H28O2. The highest BCUT2D eigenvalue weighted by Gasteiger charge is 2.60. The zero-order chi connectivity index (χ0) is 20.9. The lowest BCUT2D eigenvalue weighted by Gasteiger charge is -2.41. The summed E-state index contributed by atoms with van der Waals surface area (Å²) in [4.78, 5) is 13.6. The largest absolute Gasteiger partial charge is 0.364 e. The van der Waals surface area contributed by atoms with Gasteiger partial charge in [-0.3, -0.25) is 4.79 Å². The number of carbonyl (C=O) groups is 1. The minimum Gasteiger partial charge on any atom is -0.364 e. The van der Waals surface area contributed by atoms with Crippen LogP contribution in [0.2, 0.25) is 0 Å². The topological polar surface area (TPSA) is 26.3 Å². The Morgan fingerprint density at radius 1 is 0.967 bits per heavy atom. The maximum absolute atomic E-state index is 13.6. The molecule has 1 saturated heterocycles. The predicted octanol–water partition coefficient (Wildman–Crippen LogP) is 6.83. The van der Waals surface area contributed by atoms with Crippen molar-refractivity contribution in [1.82, 2.24) is 0 Å². The van der Waals surface area contributed by atoms with Crippen LogP contribution in [0.25, 0.3) is 10.8 Å². The van der Waals surface area contributed by atoms with Gasteiger partial charge in [0.05, 0.1) is 17.6 Å². The van der Waals surface area contributed by atoms with Crippen LogP contribution in [0, 0.1) is 17.3 Å². The molecule has 0 N–H and O–H groups in total. The van der Waals surface area contributed by atoms with Crippen LogP contribution in [-0.4, -0.2) is 5.78 Å². The van der Waals surface area contributed by atoms with Gasteiger partial charge in [-0.25, -0.2) is 0 Å². The van der Waals surface area contributed by atoms with Crippen LogP contribution in [0.5, 0.6) is 0 Å². The van der Waals surface area contributed by atoms with E-state index in [4.69, 9.17) is 4.74 Å². The van der Waals surface area contributed by atoms with Crippen LogP contribution in [0.15, 0.2) is 84.9 Å². The standard InChI is InChI=1S/C28H28O2/c1-18(2)23-16-24-26(22-14-13-19-9-7-8-12-21(19)15-22)30-27(20-10-5-4-6-11-20)28(24,3)25(29)17-23/h4-15,23-24,26-27H,1,16-17H2,2-3H3/t23-,24-,26-,27+,28+/m1/s1. The van der Waals surface area contributed by atoms with E-state index in [1.807, 2.05) is 18.2 Å². The van der Waals surface area contributed by atoms with Crippen molar-refractivity contribution in [3.63, 3.8) is 0 Å². The number of fused-ring (bicyclic) bond motifs is 2. The molecule has 2 aliphatic rings. The molecule has 30 heavy (non-hydrogen) atoms. The number of benzene rings is 3. The summed E-state index contributed by atoms with van der Waals surface area (Å²) in [6.07, 6.45) is 1.19. The van der Waals surface area contributed by atoms with Crippen molar-refractivity contribution in [3.8, 4) is 0 Å². The van der Waals surface area contributed by atoms with Gasteiger partial charge in [0.15, 0.2) is 0 Å². The minimum absolute atomic E-state index is 0.101. The number of hydrogen-bond acceptors (Lipinski definition) is 2. The van der Waals surface area contributed by atoms with E-state index in [-0.39, 0.29) is 24.0 Å². The van der Waals surface area contributed by atoms with Crippen LogP contribution in [-0.2, 0) is 9.53 Å². The van der Waals surface area contributed by atoms with E-state index in [0.29, 0.717) is 12.2 Å². The summed E-state index contributed by atoms with van der Waals surface area (Å²) in [5.41, 5.74) is 2.84. The van der Waals surface area contributed by atoms with Crippen LogP contribution < -0.4 is 0 Å². The second-order valence-electron chi connectivity index (χ2n) is 9.25. The molecule has 0 radical (unpaired) electrons. The van der Waals surface area contributed by atoms with Gasteiger partial charge in [0, 0.05) is 12.3 Å². The molecule has 152 valence electrons. The molecule has 0 unspecified atom stereocenters. The maximum Gasteiger partial charge on any atom is 0.142 e. The van der Waals surface area contributed by atoms with Crippen LogP contribution in [0.1, 0.15) is 50.0 Å². The molecule has 2 heteroatoms. The summed E-state index contributed by atoms with van der Waals surface area (Å²) in [5, 5.41) is 2.43. The fourth-order valence-corrected chi connectivity index (χ4v) is 5.57. The molecule has 0 aromatic heterocycles. The van der Waals surface area contributed by atoms with Gasteiger partial charge < -0.3 is 4.74 Å². The summed E-state index contributed by atoms with van der Waals surface area (Å²) in [5.74, 6) is 0.673. The van der Waals surface area contributed by atoms with Crippen molar-refractivity contribution in [2.75, 3.05) is 0 Å². The second-order valence-corrected chi connectivity index (χ2v) is 9.25. The average Bonchev–Trinajstić information content (AvgIpc) is 3.08. The van der Waals surface area contributed by atoms with Gasteiger partial charge in [-0.15, -0.1) is 0 Å². The Labute approximate surface area is 178 Å². The molecule has 3 aromatic rings. The lowest BCUT2D eigenvalue weighted by Crippen LogP contribution is -2.43. The molecule has 2 fully saturated rings. The first kappa shape index (κ1) is 19.3. The smallest absolute Gasteiger partial charge is 0.142 e. The van der Waals surface area contributed by atoms with E-state index in [1.165, 1.54) is 16.3 Å². The Bertz CT molecular complexity index is 1120. The molecule has 5 atom stereocenters. The predicted molar refractivity (Wildman–Crippen MR) is 121 cm³/mol. The van der Waals surface area contributed by atoms with Crippen LogP contribution in [0.4, 0.5) is 0 Å². The van der Waals surface area contributed by atoms with Gasteiger partial charge >= 0.3 is 0 Å². The molecule has 0 spiro atoms. The quantitative estimate of drug-likeness (QED) is 0.454. The Hall–Kier alpha value is -2.71. The van der Waals surface area contributed by atoms with E-state index < -0.39 is 5.41 Å². The van der Waals surface area contributed by atoms with Crippen LogP contribution in [0.3, 0.4) is 0 Å². The fraction of sp³-hybridized carbons (Fsp3) is 0.321. The van der Waals surface area contributed by atoms with Crippen molar-refractivity contribution in [2.45, 2.75) is 38.9 Å². The average molecular weight is 397 g/mol. The number of Topliss-reactive ketones (excluding diaryl/α,β-unsaturated/α-hetero) is 1. The third kappa shape index (κ3) is 2.94. The summed E-state index contributed by atoms with van der Waals surface area (Å²) in [6.45, 7) is 8.36. The Morgan fingerprint density at radius 3 is 2.40 bits per heavy atom. The highest BCUT2D eigenvalue weighted by Crippen LogP contribution is 2.62. The first-order chi connectivity index (χ1) is 14.5. The first-order valence-electron chi connectivity index (χ1n) is 10.9. The SMILES string of the molecule is C=C(C)[C@H]1CC(=O)[C@]2(C)[C@H](C1)[C@@H](c1ccc3ccccc3c1)O[C@H]2c1ccccc1. The maximum atomic E-state index is 13.6. The normalized spacial score (nSPS) is 30.9. The third-order valence-corrected chi connectivity index (χ3v) is 7.44. The Balaban J connectivity index is 1.62. The molecular weight excluding hydrogens is 368 g/mol. The monoisotopic (exact) mass is 396 g/mol. The molecule has 1 heterocycles. The second kappa shape index (κ2) is 7.21. The van der Waals surface area contributed by atoms with E-state index in [0.717, 1.165) is 17.6 Å². The molecule has 5 rings (SSSR count). The molecule has 0 amide bonds. The molecule has 0 bridgehead atoms. The van der Waals surface area contributed by atoms with Crippen molar-refractivity contribution in [2.24, 2.45) is 17.3 Å². The van der Waals surface area contributed by atoms with Gasteiger partial charge in [-0.2, -0.15) is 0 Å². The zero-order valence-corrected chi connectivity index (χ0v) is 17.7. The van der Waals surface area contributed by atoms with Gasteiger partial charge in [-0.1, -0.05) is 78.9 Å². The third-order valence-electron chi connectivity index (χ3n) is 7.44. The fourth-order valence-electron chi connectivity index (χ4n) is 5.57. The first-order valence-corrected chi connectivity index (χ1v) is 10.9. The minimum atomic E-state index is -0.524. The number of ketones is 1. The summed E-state index contributed by atoms with van der Waals surface area (Å²) in [7, 11) is 0. The van der Waals surface area contributed by atoms with Crippen molar-refractivity contribution >= 4 is 16.6 Å². The number of carbonyl (C=O) groups excluding carboxylic acids is 1. The summed E-state index contributed by atoms with van der Waals surface area (Å²) < 4.78 is 6.78. The van der Waals surface area contributed by atoms with Gasteiger partial charge in [-0.05, 0) is 54.2 Å². The van der Waals surface area contributed by atoms with E-state index in [1.54, 1.807) is 0 Å². The number of allylic oxidation sites excluding steroid dienone is 1. The number of ether oxygens (including phenoxy) is 1. The van der Waals surface area contributed by atoms with E-state index >= 15 is 0 Å². The molecule has 1 aliphatic carbocycles. The van der Waals surface area contributed by atoms with Crippen molar-refractivity contribution in [3.05, 3.63) is 96.1 Å². The van der Waals surface area contributed by atoms with E-state index in [9.17, 15) is 4.79 Å². The molecule has 2 nitrogen and oxygen atoms in total. The number of hydrogen-bond donors (Lipinski definition) is 0.